The second-order valence-corrected chi connectivity index (χ2v) is 4.73. The van der Waals surface area contributed by atoms with Crippen LogP contribution in [0.5, 0.6) is 11.5 Å². The number of ether oxygens (including phenoxy) is 2. The van der Waals surface area contributed by atoms with E-state index in [-0.39, 0.29) is 5.78 Å². The fourth-order valence-corrected chi connectivity index (χ4v) is 1.99. The van der Waals surface area contributed by atoms with E-state index in [9.17, 15) is 4.79 Å². The number of hydrogen-bond acceptors (Lipinski definition) is 3. The van der Waals surface area contributed by atoms with E-state index in [4.69, 9.17) is 9.47 Å². The number of benzene rings is 2. The standard InChI is InChI=1S/C17H18O3/c1-11-5-6-13(7-12(11)2)17(18)14-8-15(19-3)10-16(9-14)20-4/h5-10H,1-4H3. The van der Waals surface area contributed by atoms with E-state index in [0.29, 0.717) is 22.6 Å². The van der Waals surface area contributed by atoms with Crippen LogP contribution >= 0.6 is 0 Å². The molecule has 0 fully saturated rings. The summed E-state index contributed by atoms with van der Waals surface area (Å²) in [5.41, 5.74) is 3.50. The molecule has 2 rings (SSSR count). The second-order valence-electron chi connectivity index (χ2n) is 4.73. The van der Waals surface area contributed by atoms with Crippen molar-refractivity contribution in [2.75, 3.05) is 14.2 Å². The Morgan fingerprint density at radius 1 is 0.800 bits per heavy atom. The Kier molecular flexibility index (Phi) is 4.08. The number of carbonyl (C=O) groups is 1. The molecule has 0 atom stereocenters. The summed E-state index contributed by atoms with van der Waals surface area (Å²) in [5, 5.41) is 0. The zero-order chi connectivity index (χ0) is 14.7. The summed E-state index contributed by atoms with van der Waals surface area (Å²) in [6.07, 6.45) is 0. The number of rotatable bonds is 4. The fraction of sp³-hybridized carbons (Fsp3) is 0.235. The summed E-state index contributed by atoms with van der Waals surface area (Å²) in [7, 11) is 3.14. The largest absolute Gasteiger partial charge is 0.497 e. The number of hydrogen-bond donors (Lipinski definition) is 0. The molecule has 0 bridgehead atoms. The van der Waals surface area contributed by atoms with Crippen molar-refractivity contribution in [1.82, 2.24) is 0 Å². The van der Waals surface area contributed by atoms with Gasteiger partial charge < -0.3 is 9.47 Å². The molecular formula is C17H18O3. The van der Waals surface area contributed by atoms with E-state index in [1.165, 1.54) is 5.56 Å². The first-order valence-corrected chi connectivity index (χ1v) is 6.40. The van der Waals surface area contributed by atoms with Crippen LogP contribution in [0.15, 0.2) is 36.4 Å². The van der Waals surface area contributed by atoms with Gasteiger partial charge >= 0.3 is 0 Å². The quantitative estimate of drug-likeness (QED) is 0.797. The van der Waals surface area contributed by atoms with E-state index in [1.807, 2.05) is 32.0 Å². The lowest BCUT2D eigenvalue weighted by molar-refractivity contribution is 0.103. The van der Waals surface area contributed by atoms with Crippen molar-refractivity contribution < 1.29 is 14.3 Å². The zero-order valence-corrected chi connectivity index (χ0v) is 12.2. The minimum absolute atomic E-state index is 0.0368. The van der Waals surface area contributed by atoms with E-state index in [1.54, 1.807) is 32.4 Å². The number of carbonyl (C=O) groups excluding carboxylic acids is 1. The second kappa shape index (κ2) is 5.78. The molecule has 0 saturated heterocycles. The maximum absolute atomic E-state index is 12.5. The summed E-state index contributed by atoms with van der Waals surface area (Å²) in [5.74, 6) is 1.18. The predicted octanol–water partition coefficient (Wildman–Crippen LogP) is 3.55. The number of methoxy groups -OCH3 is 2. The molecule has 0 N–H and O–H groups in total. The van der Waals surface area contributed by atoms with E-state index < -0.39 is 0 Å². The Labute approximate surface area is 119 Å². The molecule has 20 heavy (non-hydrogen) atoms. The average Bonchev–Trinajstić information content (AvgIpc) is 2.48. The molecule has 0 spiro atoms. The Balaban J connectivity index is 2.44. The van der Waals surface area contributed by atoms with Crippen molar-refractivity contribution in [2.45, 2.75) is 13.8 Å². The number of ketones is 1. The van der Waals surface area contributed by atoms with Crippen LogP contribution in [-0.4, -0.2) is 20.0 Å². The molecule has 0 amide bonds. The lowest BCUT2D eigenvalue weighted by Crippen LogP contribution is -2.03. The summed E-state index contributed by atoms with van der Waals surface area (Å²) < 4.78 is 10.4. The van der Waals surface area contributed by atoms with Gasteiger partial charge in [-0.1, -0.05) is 12.1 Å². The van der Waals surface area contributed by atoms with Gasteiger partial charge in [0.05, 0.1) is 14.2 Å². The molecule has 0 aliphatic heterocycles. The van der Waals surface area contributed by atoms with E-state index in [0.717, 1.165) is 5.56 Å². The van der Waals surface area contributed by atoms with Crippen molar-refractivity contribution in [2.24, 2.45) is 0 Å². The van der Waals surface area contributed by atoms with Gasteiger partial charge in [-0.25, -0.2) is 0 Å². The predicted molar refractivity (Wildman–Crippen MR) is 78.9 cm³/mol. The Hall–Kier alpha value is -2.29. The minimum atomic E-state index is -0.0368. The minimum Gasteiger partial charge on any atom is -0.497 e. The van der Waals surface area contributed by atoms with E-state index in [2.05, 4.69) is 0 Å². The number of aryl methyl sites for hydroxylation is 2. The Morgan fingerprint density at radius 2 is 1.40 bits per heavy atom. The normalized spacial score (nSPS) is 10.2. The summed E-state index contributed by atoms with van der Waals surface area (Å²) >= 11 is 0. The molecule has 3 nitrogen and oxygen atoms in total. The molecule has 0 aliphatic rings. The van der Waals surface area contributed by atoms with Crippen LogP contribution in [0.2, 0.25) is 0 Å². The van der Waals surface area contributed by atoms with Crippen molar-refractivity contribution in [1.29, 1.82) is 0 Å². The van der Waals surface area contributed by atoms with Gasteiger partial charge in [0.25, 0.3) is 0 Å². The molecule has 0 heterocycles. The van der Waals surface area contributed by atoms with Gasteiger partial charge in [-0.2, -0.15) is 0 Å². The molecule has 104 valence electrons. The maximum Gasteiger partial charge on any atom is 0.193 e. The van der Waals surface area contributed by atoms with E-state index >= 15 is 0 Å². The van der Waals surface area contributed by atoms with Gasteiger partial charge in [-0.3, -0.25) is 4.79 Å². The molecule has 2 aromatic carbocycles. The smallest absolute Gasteiger partial charge is 0.193 e. The average molecular weight is 270 g/mol. The molecule has 0 saturated carbocycles. The molecule has 0 radical (unpaired) electrons. The molecule has 0 unspecified atom stereocenters. The molecule has 0 aromatic heterocycles. The molecule has 0 aliphatic carbocycles. The third-order valence-corrected chi connectivity index (χ3v) is 3.38. The lowest BCUT2D eigenvalue weighted by Gasteiger charge is -2.09. The maximum atomic E-state index is 12.5. The van der Waals surface area contributed by atoms with Gasteiger partial charge in [-0.05, 0) is 43.2 Å². The SMILES string of the molecule is COc1cc(OC)cc(C(=O)c2ccc(C)c(C)c2)c1. The highest BCUT2D eigenvalue weighted by molar-refractivity contribution is 6.09. The van der Waals surface area contributed by atoms with Crippen LogP contribution in [-0.2, 0) is 0 Å². The van der Waals surface area contributed by atoms with Crippen LogP contribution in [0.1, 0.15) is 27.0 Å². The van der Waals surface area contributed by atoms with Crippen LogP contribution in [0.25, 0.3) is 0 Å². The first kappa shape index (κ1) is 14.1. The van der Waals surface area contributed by atoms with Gasteiger partial charge in [-0.15, -0.1) is 0 Å². The fourth-order valence-electron chi connectivity index (χ4n) is 1.99. The van der Waals surface area contributed by atoms with Crippen LogP contribution in [0, 0.1) is 13.8 Å². The first-order valence-electron chi connectivity index (χ1n) is 6.40. The summed E-state index contributed by atoms with van der Waals surface area (Å²) in [6.45, 7) is 4.02. The zero-order valence-electron chi connectivity index (χ0n) is 12.2. The monoisotopic (exact) mass is 270 g/mol. The van der Waals surface area contributed by atoms with Crippen molar-refractivity contribution >= 4 is 5.78 Å². The highest BCUT2D eigenvalue weighted by Crippen LogP contribution is 2.24. The van der Waals surface area contributed by atoms with Gasteiger partial charge in [0.1, 0.15) is 11.5 Å². The van der Waals surface area contributed by atoms with Crippen LogP contribution in [0.4, 0.5) is 0 Å². The highest BCUT2D eigenvalue weighted by atomic mass is 16.5. The van der Waals surface area contributed by atoms with Crippen molar-refractivity contribution in [3.8, 4) is 11.5 Å². The van der Waals surface area contributed by atoms with Crippen molar-refractivity contribution in [3.05, 3.63) is 58.7 Å². The van der Waals surface area contributed by atoms with Crippen LogP contribution in [0.3, 0.4) is 0 Å². The molecule has 3 heteroatoms. The third kappa shape index (κ3) is 2.82. The first-order chi connectivity index (χ1) is 9.55. The van der Waals surface area contributed by atoms with Gasteiger partial charge in [0, 0.05) is 17.2 Å². The summed E-state index contributed by atoms with van der Waals surface area (Å²) in [4.78, 5) is 12.5. The van der Waals surface area contributed by atoms with Gasteiger partial charge in [0.2, 0.25) is 0 Å². The Morgan fingerprint density at radius 3 is 1.90 bits per heavy atom. The van der Waals surface area contributed by atoms with Crippen LogP contribution < -0.4 is 9.47 Å². The third-order valence-electron chi connectivity index (χ3n) is 3.38. The Bertz CT molecular complexity index is 622. The summed E-state index contributed by atoms with van der Waals surface area (Å²) in [6, 6.07) is 10.9. The molecule has 2 aromatic rings. The highest BCUT2D eigenvalue weighted by Gasteiger charge is 2.12. The van der Waals surface area contributed by atoms with Gasteiger partial charge in [0.15, 0.2) is 5.78 Å². The molecular weight excluding hydrogens is 252 g/mol. The lowest BCUT2D eigenvalue weighted by atomic mass is 9.99. The van der Waals surface area contributed by atoms with Crippen molar-refractivity contribution in [3.63, 3.8) is 0 Å². The topological polar surface area (TPSA) is 35.5 Å².